The summed E-state index contributed by atoms with van der Waals surface area (Å²) in [4.78, 5) is 24.1. The molecule has 0 bridgehead atoms. The highest BCUT2D eigenvalue weighted by Crippen LogP contribution is 2.28. The Morgan fingerprint density at radius 1 is 1.47 bits per heavy atom. The zero-order chi connectivity index (χ0) is 14.0. The van der Waals surface area contributed by atoms with Gasteiger partial charge in [0.25, 0.3) is 0 Å². The fraction of sp³-hybridized carbons (Fsp3) is 0.286. The molecule has 0 aromatic heterocycles. The first-order chi connectivity index (χ1) is 8.99. The molecule has 0 unspecified atom stereocenters. The monoisotopic (exact) mass is 263 g/mol. The molecule has 0 saturated carbocycles. The van der Waals surface area contributed by atoms with Crippen LogP contribution in [-0.4, -0.2) is 23.5 Å². The zero-order valence-corrected chi connectivity index (χ0v) is 10.5. The van der Waals surface area contributed by atoms with E-state index in [1.165, 1.54) is 30.0 Å². The Kier molecular flexibility index (Phi) is 3.64. The number of hydrogen-bond donors (Lipinski definition) is 1. The molecule has 19 heavy (non-hydrogen) atoms. The molecular weight excluding hydrogens is 249 g/mol. The van der Waals surface area contributed by atoms with Gasteiger partial charge in [-0.2, -0.15) is 0 Å². The minimum absolute atomic E-state index is 0.0754. The summed E-state index contributed by atoms with van der Waals surface area (Å²) in [6, 6.07) is 4.28. The maximum Gasteiger partial charge on any atom is 0.331 e. The fourth-order valence-corrected chi connectivity index (χ4v) is 2.04. The van der Waals surface area contributed by atoms with Gasteiger partial charge in [-0.05, 0) is 37.1 Å². The van der Waals surface area contributed by atoms with Crippen molar-refractivity contribution in [1.29, 1.82) is 0 Å². The van der Waals surface area contributed by atoms with E-state index in [1.807, 2.05) is 0 Å². The molecule has 0 saturated heterocycles. The number of benzene rings is 1. The number of nitrogens with zero attached hydrogens (tertiary/aromatic N) is 1. The highest BCUT2D eigenvalue weighted by molar-refractivity contribution is 5.97. The van der Waals surface area contributed by atoms with E-state index < -0.39 is 5.97 Å². The van der Waals surface area contributed by atoms with Crippen molar-refractivity contribution in [2.24, 2.45) is 0 Å². The lowest BCUT2D eigenvalue weighted by Gasteiger charge is -2.28. The number of carbonyl (C=O) groups excluding carboxylic acids is 1. The topological polar surface area (TPSA) is 57.6 Å². The Labute approximate surface area is 110 Å². The highest BCUT2D eigenvalue weighted by Gasteiger charge is 2.23. The van der Waals surface area contributed by atoms with Crippen molar-refractivity contribution in [1.82, 2.24) is 0 Å². The molecule has 1 aliphatic rings. The van der Waals surface area contributed by atoms with Gasteiger partial charge in [0.05, 0.1) is 0 Å². The first-order valence-corrected chi connectivity index (χ1v) is 5.98. The SMILES string of the molecule is CC(=CCN1C(=O)CCc2cc(F)ccc21)C(=O)O. The number of amides is 1. The van der Waals surface area contributed by atoms with Crippen LogP contribution < -0.4 is 4.90 Å². The van der Waals surface area contributed by atoms with Crippen LogP contribution in [0.1, 0.15) is 18.9 Å². The number of fused-ring (bicyclic) bond motifs is 1. The van der Waals surface area contributed by atoms with Crippen molar-refractivity contribution >= 4 is 17.6 Å². The fourth-order valence-electron chi connectivity index (χ4n) is 2.04. The predicted molar refractivity (Wildman–Crippen MR) is 68.5 cm³/mol. The predicted octanol–water partition coefficient (Wildman–Crippen LogP) is 2.14. The van der Waals surface area contributed by atoms with Crippen molar-refractivity contribution in [3.63, 3.8) is 0 Å². The van der Waals surface area contributed by atoms with Gasteiger partial charge in [0, 0.05) is 24.2 Å². The third-order valence-electron chi connectivity index (χ3n) is 3.16. The summed E-state index contributed by atoms with van der Waals surface area (Å²) in [5, 5.41) is 8.79. The number of carbonyl (C=O) groups is 2. The molecule has 1 amide bonds. The molecule has 0 atom stereocenters. The Bertz CT molecular complexity index is 566. The van der Waals surface area contributed by atoms with Crippen molar-refractivity contribution in [2.45, 2.75) is 19.8 Å². The molecule has 1 aromatic rings. The summed E-state index contributed by atoms with van der Waals surface area (Å²) >= 11 is 0. The number of carboxylic acid groups (broad SMARTS) is 1. The van der Waals surface area contributed by atoms with Crippen LogP contribution in [0.25, 0.3) is 0 Å². The molecule has 0 fully saturated rings. The quantitative estimate of drug-likeness (QED) is 0.850. The summed E-state index contributed by atoms with van der Waals surface area (Å²) in [7, 11) is 0. The molecule has 5 heteroatoms. The second kappa shape index (κ2) is 5.22. The molecule has 4 nitrogen and oxygen atoms in total. The Morgan fingerprint density at radius 3 is 2.89 bits per heavy atom. The van der Waals surface area contributed by atoms with Gasteiger partial charge in [0.1, 0.15) is 5.82 Å². The van der Waals surface area contributed by atoms with Gasteiger partial charge in [-0.1, -0.05) is 6.08 Å². The lowest BCUT2D eigenvalue weighted by Crippen LogP contribution is -2.35. The lowest BCUT2D eigenvalue weighted by molar-refractivity contribution is -0.132. The number of carboxylic acids is 1. The molecule has 1 aliphatic heterocycles. The van der Waals surface area contributed by atoms with Crippen LogP contribution in [0.4, 0.5) is 10.1 Å². The van der Waals surface area contributed by atoms with E-state index in [0.717, 1.165) is 5.56 Å². The molecule has 1 N–H and O–H groups in total. The van der Waals surface area contributed by atoms with Gasteiger partial charge in [-0.15, -0.1) is 0 Å². The van der Waals surface area contributed by atoms with Gasteiger partial charge >= 0.3 is 5.97 Å². The van der Waals surface area contributed by atoms with Crippen LogP contribution in [0, 0.1) is 5.82 Å². The van der Waals surface area contributed by atoms with Gasteiger partial charge in [-0.25, -0.2) is 9.18 Å². The van der Waals surface area contributed by atoms with Crippen molar-refractivity contribution < 1.29 is 19.1 Å². The van der Waals surface area contributed by atoms with Gasteiger partial charge in [0.2, 0.25) is 5.91 Å². The van der Waals surface area contributed by atoms with E-state index >= 15 is 0 Å². The third-order valence-corrected chi connectivity index (χ3v) is 3.16. The van der Waals surface area contributed by atoms with Gasteiger partial charge in [0.15, 0.2) is 0 Å². The van der Waals surface area contributed by atoms with Crippen molar-refractivity contribution in [2.75, 3.05) is 11.4 Å². The first kappa shape index (κ1) is 13.3. The molecule has 1 heterocycles. The largest absolute Gasteiger partial charge is 0.478 e. The molecule has 0 radical (unpaired) electrons. The molecule has 0 spiro atoms. The summed E-state index contributed by atoms with van der Waals surface area (Å²) < 4.78 is 13.1. The van der Waals surface area contributed by atoms with E-state index in [-0.39, 0.29) is 23.8 Å². The Morgan fingerprint density at radius 2 is 2.21 bits per heavy atom. The number of anilines is 1. The first-order valence-electron chi connectivity index (χ1n) is 5.98. The molecule has 1 aromatic carbocycles. The number of aryl methyl sites for hydroxylation is 1. The number of halogens is 1. The maximum atomic E-state index is 13.1. The second-order valence-corrected chi connectivity index (χ2v) is 4.47. The normalized spacial score (nSPS) is 15.4. The van der Waals surface area contributed by atoms with Gasteiger partial charge in [-0.3, -0.25) is 4.79 Å². The summed E-state index contributed by atoms with van der Waals surface area (Å²) in [5.74, 6) is -1.41. The van der Waals surface area contributed by atoms with Crippen LogP contribution in [0.3, 0.4) is 0 Å². The number of hydrogen-bond acceptors (Lipinski definition) is 2. The highest BCUT2D eigenvalue weighted by atomic mass is 19.1. The van der Waals surface area contributed by atoms with Gasteiger partial charge < -0.3 is 10.0 Å². The standard InChI is InChI=1S/C14H14FNO3/c1-9(14(18)19)6-7-16-12-4-3-11(15)8-10(12)2-5-13(16)17/h3-4,6,8H,2,5,7H2,1H3,(H,18,19). The van der Waals surface area contributed by atoms with Crippen LogP contribution in [0.2, 0.25) is 0 Å². The van der Waals surface area contributed by atoms with E-state index in [1.54, 1.807) is 6.07 Å². The second-order valence-electron chi connectivity index (χ2n) is 4.47. The average molecular weight is 263 g/mol. The third kappa shape index (κ3) is 2.81. The maximum absolute atomic E-state index is 13.1. The average Bonchev–Trinajstić information content (AvgIpc) is 2.37. The van der Waals surface area contributed by atoms with Crippen molar-refractivity contribution in [3.05, 3.63) is 41.2 Å². The number of aliphatic carboxylic acids is 1. The molecule has 100 valence electrons. The minimum Gasteiger partial charge on any atom is -0.478 e. The van der Waals surface area contributed by atoms with Crippen LogP contribution >= 0.6 is 0 Å². The summed E-state index contributed by atoms with van der Waals surface area (Å²) in [6.07, 6.45) is 2.32. The van der Waals surface area contributed by atoms with E-state index in [2.05, 4.69) is 0 Å². The van der Waals surface area contributed by atoms with E-state index in [9.17, 15) is 14.0 Å². The van der Waals surface area contributed by atoms with Crippen molar-refractivity contribution in [3.8, 4) is 0 Å². The smallest absolute Gasteiger partial charge is 0.331 e. The lowest BCUT2D eigenvalue weighted by atomic mass is 10.0. The van der Waals surface area contributed by atoms with Crippen LogP contribution in [0.15, 0.2) is 29.8 Å². The Hall–Kier alpha value is -2.17. The molecular formula is C14H14FNO3. The number of rotatable bonds is 3. The Balaban J connectivity index is 2.28. The zero-order valence-electron chi connectivity index (χ0n) is 10.5. The molecule has 0 aliphatic carbocycles. The molecule has 2 rings (SSSR count). The van der Waals surface area contributed by atoms with Crippen LogP contribution in [-0.2, 0) is 16.0 Å². The summed E-state index contributed by atoms with van der Waals surface area (Å²) in [6.45, 7) is 1.66. The summed E-state index contributed by atoms with van der Waals surface area (Å²) in [5.41, 5.74) is 1.62. The van der Waals surface area contributed by atoms with E-state index in [0.29, 0.717) is 18.5 Å². The minimum atomic E-state index is -1.01. The van der Waals surface area contributed by atoms with E-state index in [4.69, 9.17) is 5.11 Å². The van der Waals surface area contributed by atoms with Crippen LogP contribution in [0.5, 0.6) is 0 Å².